The van der Waals surface area contributed by atoms with Gasteiger partial charge in [0, 0.05) is 37.0 Å². The molecule has 0 radical (unpaired) electrons. The highest BCUT2D eigenvalue weighted by Gasteiger charge is 2.59. The van der Waals surface area contributed by atoms with Gasteiger partial charge in [-0.05, 0) is 177 Å². The molecule has 4 aliphatic carbocycles. The van der Waals surface area contributed by atoms with Crippen molar-refractivity contribution >= 4 is 24.1 Å². The first kappa shape index (κ1) is 58.1. The van der Waals surface area contributed by atoms with Crippen LogP contribution in [-0.4, -0.2) is 71.9 Å². The van der Waals surface area contributed by atoms with Crippen molar-refractivity contribution < 1.29 is 38.1 Å². The Bertz CT molecular complexity index is 1920. The van der Waals surface area contributed by atoms with E-state index >= 15 is 0 Å². The van der Waals surface area contributed by atoms with Crippen LogP contribution in [-0.2, 0) is 30.4 Å². The van der Waals surface area contributed by atoms with Crippen LogP contribution in [0.4, 0.5) is 9.59 Å². The maximum absolute atomic E-state index is 13.9. The Morgan fingerprint density at radius 1 is 0.746 bits per heavy atom. The minimum atomic E-state index is -0.621. The average molecular weight is 990 g/mol. The van der Waals surface area contributed by atoms with E-state index in [9.17, 15) is 19.2 Å². The quantitative estimate of drug-likeness (QED) is 0.0428. The van der Waals surface area contributed by atoms with Crippen LogP contribution in [0.25, 0.3) is 0 Å². The molecular weight excluding hydrogens is 891 g/mol. The monoisotopic (exact) mass is 990 g/mol. The molecule has 1 aromatic carbocycles. The molecule has 1 aromatic rings. The third-order valence-corrected chi connectivity index (χ3v) is 17.5. The van der Waals surface area contributed by atoms with Gasteiger partial charge in [-0.2, -0.15) is 0 Å². The fourth-order valence-electron chi connectivity index (χ4n) is 13.4. The van der Waals surface area contributed by atoms with E-state index in [4.69, 9.17) is 18.9 Å². The number of hydrogen-bond acceptors (Lipinski definition) is 8. The molecule has 0 heterocycles. The van der Waals surface area contributed by atoms with Crippen LogP contribution in [0.1, 0.15) is 217 Å². The predicted molar refractivity (Wildman–Crippen MR) is 285 cm³/mol. The Morgan fingerprint density at radius 2 is 1.42 bits per heavy atom. The second-order valence-electron chi connectivity index (χ2n) is 25.7. The number of nitrogens with zero attached hydrogens (tertiary/aromatic N) is 1. The average Bonchev–Trinajstić information content (AvgIpc) is 3.64. The lowest BCUT2D eigenvalue weighted by Gasteiger charge is -2.58. The second-order valence-corrected chi connectivity index (χ2v) is 25.7. The molecule has 2 N–H and O–H groups in total. The van der Waals surface area contributed by atoms with E-state index in [1.165, 1.54) is 56.9 Å². The van der Waals surface area contributed by atoms with E-state index in [-0.39, 0.29) is 42.8 Å². The van der Waals surface area contributed by atoms with E-state index in [0.29, 0.717) is 30.8 Å². The van der Waals surface area contributed by atoms with Gasteiger partial charge < -0.3 is 34.5 Å². The minimum Gasteiger partial charge on any atom is -0.497 e. The summed E-state index contributed by atoms with van der Waals surface area (Å²) >= 11 is 0. The topological polar surface area (TPSA) is 132 Å². The maximum Gasteiger partial charge on any atom is 0.408 e. The summed E-state index contributed by atoms with van der Waals surface area (Å²) in [5.41, 5.74) is 1.38. The van der Waals surface area contributed by atoms with Gasteiger partial charge in [0.05, 0.1) is 13.5 Å². The van der Waals surface area contributed by atoms with Gasteiger partial charge in [-0.15, -0.1) is 0 Å². The molecule has 0 spiro atoms. The summed E-state index contributed by atoms with van der Waals surface area (Å²) in [7, 11) is 1.62. The summed E-state index contributed by atoms with van der Waals surface area (Å²) in [5, 5.41) is 5.99. The number of methoxy groups -OCH3 is 1. The van der Waals surface area contributed by atoms with Crippen molar-refractivity contribution in [3.05, 3.63) is 41.5 Å². The number of allylic oxidation sites excluding steroid dienone is 1. The molecular formula is C60H99N3O8. The zero-order valence-corrected chi connectivity index (χ0v) is 46.9. The molecule has 3 saturated carbocycles. The highest BCUT2D eigenvalue weighted by atomic mass is 16.6. The lowest BCUT2D eigenvalue weighted by molar-refractivity contribution is -0.153. The van der Waals surface area contributed by atoms with E-state index < -0.39 is 28.9 Å². The van der Waals surface area contributed by atoms with Crippen LogP contribution in [0, 0.1) is 46.3 Å². The number of esters is 1. The van der Waals surface area contributed by atoms with Crippen LogP contribution < -0.4 is 15.4 Å². The van der Waals surface area contributed by atoms with Gasteiger partial charge in [0.25, 0.3) is 0 Å². The fourth-order valence-corrected chi connectivity index (χ4v) is 13.4. The van der Waals surface area contributed by atoms with Crippen LogP contribution in [0.3, 0.4) is 0 Å². The fraction of sp³-hybridized carbons (Fsp3) is 0.800. The predicted octanol–water partition coefficient (Wildman–Crippen LogP) is 14.3. The SMILES string of the molecule is COc1ccc(COC(=O)NC(C)(C)CCCCCCCN(CCC(C)(C)NC(=O)OC(C)(C)C)C(=O)CCC(=O)O[C@H]2CC[C@@]3(C)C(=CC[C@H]4[C@@H]5CC[C@H]([C@H](C)CCCC(C)C)[C@@]5(C)CC[C@@H]43)C2)cc1. The standard InChI is InChI=1S/C60H99N3O8/c1-42(2)20-19-21-43(3)49-28-29-50-48-27-24-45-40-47(32-35-59(45,11)51(48)33-36-60(49,50)12)70-53(65)31-30-52(64)63(39-37-58(9,10)62-55(67)71-56(4,5)6)38-18-16-14-15-17-34-57(7,8)61-54(66)69-41-44-22-25-46(68-13)26-23-44/h22-26,42-43,47-51H,14-21,27-41H2,1-13H3,(H,61,66)(H,62,67)/t43-,47+,48+,49-,50+,51+,59+,60-/m1/s1. The van der Waals surface area contributed by atoms with Crippen molar-refractivity contribution in [3.8, 4) is 5.75 Å². The molecule has 0 saturated heterocycles. The number of hydrogen-bond donors (Lipinski definition) is 2. The largest absolute Gasteiger partial charge is 0.497 e. The normalized spacial score (nSPS) is 25.7. The maximum atomic E-state index is 13.9. The molecule has 3 amide bonds. The first-order chi connectivity index (χ1) is 33.3. The van der Waals surface area contributed by atoms with Crippen molar-refractivity contribution in [3.63, 3.8) is 0 Å². The van der Waals surface area contributed by atoms with E-state index in [1.54, 1.807) is 7.11 Å². The number of carbonyl (C=O) groups excluding carboxylic acids is 4. The zero-order chi connectivity index (χ0) is 52.2. The molecule has 4 aliphatic rings. The van der Waals surface area contributed by atoms with E-state index in [2.05, 4.69) is 51.3 Å². The van der Waals surface area contributed by atoms with Crippen molar-refractivity contribution in [1.29, 1.82) is 0 Å². The van der Waals surface area contributed by atoms with Crippen molar-refractivity contribution in [2.45, 2.75) is 241 Å². The van der Waals surface area contributed by atoms with Gasteiger partial charge in [-0.1, -0.05) is 103 Å². The summed E-state index contributed by atoms with van der Waals surface area (Å²) in [5.74, 6) is 5.14. The van der Waals surface area contributed by atoms with Gasteiger partial charge in [0.2, 0.25) is 5.91 Å². The number of ether oxygens (including phenoxy) is 4. The number of carbonyl (C=O) groups is 4. The molecule has 71 heavy (non-hydrogen) atoms. The summed E-state index contributed by atoms with van der Waals surface area (Å²) in [6.07, 6.45) is 21.2. The number of rotatable bonds is 25. The molecule has 3 fully saturated rings. The van der Waals surface area contributed by atoms with Crippen LogP contribution in [0.5, 0.6) is 5.75 Å². The lowest BCUT2D eigenvalue weighted by atomic mass is 9.47. The van der Waals surface area contributed by atoms with Crippen molar-refractivity contribution in [2.24, 2.45) is 46.3 Å². The Kier molecular flexibility index (Phi) is 20.8. The van der Waals surface area contributed by atoms with Crippen LogP contribution in [0.2, 0.25) is 0 Å². The molecule has 0 aromatic heterocycles. The third-order valence-electron chi connectivity index (χ3n) is 17.5. The number of nitrogens with one attached hydrogen (secondary N) is 2. The second kappa shape index (κ2) is 25.5. The molecule has 0 aliphatic heterocycles. The number of benzene rings is 1. The minimum absolute atomic E-state index is 0.0581. The Hall–Kier alpha value is -3.76. The lowest BCUT2D eigenvalue weighted by Crippen LogP contribution is -2.51. The first-order valence-electron chi connectivity index (χ1n) is 28.1. The molecule has 402 valence electrons. The summed E-state index contributed by atoms with van der Waals surface area (Å²) < 4.78 is 22.4. The van der Waals surface area contributed by atoms with E-state index in [1.807, 2.05) is 77.6 Å². The van der Waals surface area contributed by atoms with Gasteiger partial charge in [-0.3, -0.25) is 9.59 Å². The highest BCUT2D eigenvalue weighted by molar-refractivity contribution is 5.81. The van der Waals surface area contributed by atoms with Gasteiger partial charge in [0.15, 0.2) is 0 Å². The van der Waals surface area contributed by atoms with Crippen LogP contribution >= 0.6 is 0 Å². The zero-order valence-electron chi connectivity index (χ0n) is 46.9. The highest BCUT2D eigenvalue weighted by Crippen LogP contribution is 2.67. The molecule has 0 bridgehead atoms. The molecule has 5 rings (SSSR count). The van der Waals surface area contributed by atoms with Gasteiger partial charge in [-0.25, -0.2) is 9.59 Å². The van der Waals surface area contributed by atoms with Crippen molar-refractivity contribution in [2.75, 3.05) is 20.2 Å². The molecule has 8 atom stereocenters. The van der Waals surface area contributed by atoms with Crippen LogP contribution in [0.15, 0.2) is 35.9 Å². The third kappa shape index (κ3) is 17.2. The Balaban J connectivity index is 1.08. The molecule has 11 nitrogen and oxygen atoms in total. The summed E-state index contributed by atoms with van der Waals surface area (Å²) in [6.45, 7) is 27.1. The van der Waals surface area contributed by atoms with Crippen molar-refractivity contribution in [1.82, 2.24) is 15.5 Å². The van der Waals surface area contributed by atoms with E-state index in [0.717, 1.165) is 98.7 Å². The van der Waals surface area contributed by atoms with Gasteiger partial charge >= 0.3 is 18.2 Å². The summed E-state index contributed by atoms with van der Waals surface area (Å²) in [4.78, 5) is 54.6. The molecule has 11 heteroatoms. The van der Waals surface area contributed by atoms with Gasteiger partial charge in [0.1, 0.15) is 24.1 Å². The summed E-state index contributed by atoms with van der Waals surface area (Å²) in [6, 6.07) is 7.44. The Labute approximate surface area is 430 Å². The smallest absolute Gasteiger partial charge is 0.408 e. The molecule has 0 unspecified atom stereocenters. The number of amides is 3. The number of unbranched alkanes of at least 4 members (excludes halogenated alkanes) is 4. The first-order valence-corrected chi connectivity index (χ1v) is 28.1. The Morgan fingerprint density at radius 3 is 2.11 bits per heavy atom. The number of alkyl carbamates (subject to hydrolysis) is 2. The number of fused-ring (bicyclic) bond motifs is 5.